The number of carbonyl (C=O) groups is 1. The Bertz CT molecular complexity index is 417. The molecule has 0 aliphatic carbocycles. The van der Waals surface area contributed by atoms with Crippen molar-refractivity contribution in [1.29, 1.82) is 5.41 Å². The van der Waals surface area contributed by atoms with Gasteiger partial charge in [0, 0.05) is 25.6 Å². The molecule has 1 aromatic rings. The van der Waals surface area contributed by atoms with Crippen molar-refractivity contribution in [3.63, 3.8) is 0 Å². The summed E-state index contributed by atoms with van der Waals surface area (Å²) in [5.41, 5.74) is 6.39. The van der Waals surface area contributed by atoms with E-state index in [0.29, 0.717) is 19.5 Å². The third-order valence-corrected chi connectivity index (χ3v) is 2.79. The van der Waals surface area contributed by atoms with Crippen LogP contribution >= 0.6 is 0 Å². The summed E-state index contributed by atoms with van der Waals surface area (Å²) in [4.78, 5) is 13.8. The van der Waals surface area contributed by atoms with Gasteiger partial charge in [0.25, 0.3) is 0 Å². The largest absolute Gasteiger partial charge is 0.388 e. The lowest BCUT2D eigenvalue weighted by molar-refractivity contribution is 0.184. The predicted molar refractivity (Wildman–Crippen MR) is 77.1 cm³/mol. The van der Waals surface area contributed by atoms with Crippen LogP contribution < -0.4 is 11.1 Å². The molecular formula is C14H22N4O. The maximum absolute atomic E-state index is 12.1. The van der Waals surface area contributed by atoms with E-state index in [-0.39, 0.29) is 17.9 Å². The van der Waals surface area contributed by atoms with Crippen molar-refractivity contribution in [2.75, 3.05) is 6.54 Å². The number of amides is 2. The van der Waals surface area contributed by atoms with E-state index < -0.39 is 0 Å². The van der Waals surface area contributed by atoms with Crippen LogP contribution in [0.5, 0.6) is 0 Å². The van der Waals surface area contributed by atoms with E-state index in [1.165, 1.54) is 0 Å². The summed E-state index contributed by atoms with van der Waals surface area (Å²) in [5, 5.41) is 10.1. The Balaban J connectivity index is 2.50. The van der Waals surface area contributed by atoms with Crippen LogP contribution in [0.2, 0.25) is 0 Å². The molecule has 0 saturated carbocycles. The molecule has 2 amide bonds. The number of benzene rings is 1. The van der Waals surface area contributed by atoms with Gasteiger partial charge in [-0.05, 0) is 19.4 Å². The van der Waals surface area contributed by atoms with Crippen molar-refractivity contribution in [3.05, 3.63) is 35.9 Å². The third-order valence-electron chi connectivity index (χ3n) is 2.79. The molecule has 0 bridgehead atoms. The molecule has 1 aromatic carbocycles. The summed E-state index contributed by atoms with van der Waals surface area (Å²) in [7, 11) is 0. The molecule has 4 N–H and O–H groups in total. The third kappa shape index (κ3) is 5.42. The topological polar surface area (TPSA) is 82.2 Å². The molecule has 19 heavy (non-hydrogen) atoms. The highest BCUT2D eigenvalue weighted by atomic mass is 16.2. The standard InChI is InChI=1S/C14H22N4O/c1-11(2)18(9-8-13(15)16)14(19)17-10-12-6-4-3-5-7-12/h3-7,11H,8-10H2,1-2H3,(H3,15,16)(H,17,19). The van der Waals surface area contributed by atoms with Crippen molar-refractivity contribution in [3.8, 4) is 0 Å². The first-order chi connectivity index (χ1) is 9.00. The fourth-order valence-electron chi connectivity index (χ4n) is 1.71. The number of rotatable bonds is 6. The molecule has 0 fully saturated rings. The maximum atomic E-state index is 12.1. The number of nitrogens with one attached hydrogen (secondary N) is 2. The Kier molecular flexibility index (Phi) is 5.85. The van der Waals surface area contributed by atoms with E-state index in [4.69, 9.17) is 11.1 Å². The van der Waals surface area contributed by atoms with Crippen LogP contribution in [0, 0.1) is 5.41 Å². The van der Waals surface area contributed by atoms with Gasteiger partial charge in [-0.25, -0.2) is 4.79 Å². The number of nitrogens with zero attached hydrogens (tertiary/aromatic N) is 1. The van der Waals surface area contributed by atoms with Gasteiger partial charge in [0.15, 0.2) is 0 Å². The zero-order valence-electron chi connectivity index (χ0n) is 11.5. The number of amidine groups is 1. The molecule has 0 saturated heterocycles. The molecule has 0 aliphatic heterocycles. The average Bonchev–Trinajstić information content (AvgIpc) is 2.37. The molecule has 1 rings (SSSR count). The van der Waals surface area contributed by atoms with E-state index in [1.807, 2.05) is 44.2 Å². The van der Waals surface area contributed by atoms with Crippen LogP contribution in [0.1, 0.15) is 25.8 Å². The maximum Gasteiger partial charge on any atom is 0.317 e. The van der Waals surface area contributed by atoms with E-state index >= 15 is 0 Å². The van der Waals surface area contributed by atoms with Crippen LogP contribution in [-0.4, -0.2) is 29.4 Å². The minimum Gasteiger partial charge on any atom is -0.388 e. The summed E-state index contributed by atoms with van der Waals surface area (Å²) in [6.07, 6.45) is 0.400. The zero-order valence-corrected chi connectivity index (χ0v) is 11.5. The Morgan fingerprint density at radius 2 is 2.00 bits per heavy atom. The quantitative estimate of drug-likeness (QED) is 0.541. The second-order valence-electron chi connectivity index (χ2n) is 4.71. The first-order valence-corrected chi connectivity index (χ1v) is 6.42. The highest BCUT2D eigenvalue weighted by Crippen LogP contribution is 2.02. The Labute approximate surface area is 114 Å². The first-order valence-electron chi connectivity index (χ1n) is 6.42. The molecule has 0 aromatic heterocycles. The Morgan fingerprint density at radius 1 is 1.37 bits per heavy atom. The Hall–Kier alpha value is -2.04. The molecule has 0 spiro atoms. The fraction of sp³-hybridized carbons (Fsp3) is 0.429. The second-order valence-corrected chi connectivity index (χ2v) is 4.71. The van der Waals surface area contributed by atoms with Gasteiger partial charge in [0.2, 0.25) is 0 Å². The number of hydrogen-bond donors (Lipinski definition) is 3. The first kappa shape index (κ1) is 15.0. The van der Waals surface area contributed by atoms with E-state index in [0.717, 1.165) is 5.56 Å². The lowest BCUT2D eigenvalue weighted by atomic mass is 10.2. The minimum atomic E-state index is -0.125. The molecule has 0 heterocycles. The van der Waals surface area contributed by atoms with Gasteiger partial charge in [-0.15, -0.1) is 0 Å². The zero-order chi connectivity index (χ0) is 14.3. The smallest absolute Gasteiger partial charge is 0.317 e. The number of urea groups is 1. The second kappa shape index (κ2) is 7.41. The Morgan fingerprint density at radius 3 is 2.53 bits per heavy atom. The van der Waals surface area contributed by atoms with Gasteiger partial charge in [0.05, 0.1) is 5.84 Å². The average molecular weight is 262 g/mol. The van der Waals surface area contributed by atoms with Gasteiger partial charge in [0.1, 0.15) is 0 Å². The van der Waals surface area contributed by atoms with Gasteiger partial charge in [-0.1, -0.05) is 30.3 Å². The van der Waals surface area contributed by atoms with Gasteiger partial charge in [-0.2, -0.15) is 0 Å². The monoisotopic (exact) mass is 262 g/mol. The minimum absolute atomic E-state index is 0.0788. The summed E-state index contributed by atoms with van der Waals surface area (Å²) in [6.45, 7) is 4.86. The SMILES string of the molecule is CC(C)N(CCC(=N)N)C(=O)NCc1ccccc1. The molecule has 0 radical (unpaired) electrons. The number of carbonyl (C=O) groups excluding carboxylic acids is 1. The van der Waals surface area contributed by atoms with Crippen LogP contribution in [0.25, 0.3) is 0 Å². The van der Waals surface area contributed by atoms with E-state index in [1.54, 1.807) is 4.90 Å². The van der Waals surface area contributed by atoms with Crippen LogP contribution in [0.3, 0.4) is 0 Å². The lowest BCUT2D eigenvalue weighted by Crippen LogP contribution is -2.45. The van der Waals surface area contributed by atoms with Crippen molar-refractivity contribution in [2.45, 2.75) is 32.9 Å². The fourth-order valence-corrected chi connectivity index (χ4v) is 1.71. The normalized spacial score (nSPS) is 10.3. The van der Waals surface area contributed by atoms with Crippen molar-refractivity contribution >= 4 is 11.9 Å². The van der Waals surface area contributed by atoms with Crippen LogP contribution in [0.4, 0.5) is 4.79 Å². The lowest BCUT2D eigenvalue weighted by Gasteiger charge is -2.26. The van der Waals surface area contributed by atoms with Crippen molar-refractivity contribution < 1.29 is 4.79 Å². The predicted octanol–water partition coefficient (Wildman–Crippen LogP) is 1.93. The van der Waals surface area contributed by atoms with Crippen molar-refractivity contribution in [1.82, 2.24) is 10.2 Å². The van der Waals surface area contributed by atoms with Crippen LogP contribution in [0.15, 0.2) is 30.3 Å². The van der Waals surface area contributed by atoms with E-state index in [2.05, 4.69) is 5.32 Å². The molecule has 104 valence electrons. The highest BCUT2D eigenvalue weighted by molar-refractivity contribution is 5.79. The summed E-state index contributed by atoms with van der Waals surface area (Å²) in [6, 6.07) is 9.72. The number of hydrogen-bond acceptors (Lipinski definition) is 2. The summed E-state index contributed by atoms with van der Waals surface area (Å²) in [5.74, 6) is 0.0986. The summed E-state index contributed by atoms with van der Waals surface area (Å²) < 4.78 is 0. The molecule has 5 nitrogen and oxygen atoms in total. The highest BCUT2D eigenvalue weighted by Gasteiger charge is 2.16. The van der Waals surface area contributed by atoms with Gasteiger partial charge in [-0.3, -0.25) is 5.41 Å². The van der Waals surface area contributed by atoms with Gasteiger partial charge >= 0.3 is 6.03 Å². The molecule has 0 aliphatic rings. The van der Waals surface area contributed by atoms with Crippen molar-refractivity contribution in [2.24, 2.45) is 5.73 Å². The molecule has 0 atom stereocenters. The number of nitrogens with two attached hydrogens (primary N) is 1. The molecule has 0 unspecified atom stereocenters. The molecular weight excluding hydrogens is 240 g/mol. The van der Waals surface area contributed by atoms with Gasteiger partial charge < -0.3 is 16.0 Å². The molecule has 5 heteroatoms. The van der Waals surface area contributed by atoms with E-state index in [9.17, 15) is 4.79 Å². The van der Waals surface area contributed by atoms with Crippen LogP contribution in [-0.2, 0) is 6.54 Å². The summed E-state index contributed by atoms with van der Waals surface area (Å²) >= 11 is 0.